The second-order valence-electron chi connectivity index (χ2n) is 3.12. The minimum atomic E-state index is -1.10. The highest BCUT2D eigenvalue weighted by molar-refractivity contribution is 6.05. The van der Waals surface area contributed by atoms with Crippen molar-refractivity contribution in [2.75, 3.05) is 0 Å². The first kappa shape index (κ1) is 11.2. The molecule has 0 unspecified atom stereocenters. The molecule has 15 heavy (non-hydrogen) atoms. The van der Waals surface area contributed by atoms with Crippen LogP contribution in [0.5, 0.6) is 0 Å². The van der Waals surface area contributed by atoms with Gasteiger partial charge in [-0.05, 0) is 12.5 Å². The van der Waals surface area contributed by atoms with E-state index in [4.69, 9.17) is 5.11 Å². The van der Waals surface area contributed by atoms with E-state index in [9.17, 15) is 9.59 Å². The highest BCUT2D eigenvalue weighted by atomic mass is 16.4. The molecule has 0 radical (unpaired) electrons. The minimum Gasteiger partial charge on any atom is -0.481 e. The Kier molecular flexibility index (Phi) is 3.80. The highest BCUT2D eigenvalue weighted by Gasteiger charge is 2.09. The zero-order chi connectivity index (χ0) is 11.3. The molecule has 0 saturated heterocycles. The van der Waals surface area contributed by atoms with Gasteiger partial charge in [-0.2, -0.15) is 0 Å². The Morgan fingerprint density at radius 3 is 2.33 bits per heavy atom. The Morgan fingerprint density at radius 2 is 1.87 bits per heavy atom. The van der Waals surface area contributed by atoms with Crippen LogP contribution in [0.2, 0.25) is 0 Å². The molecule has 3 heteroatoms. The standard InChI is InChI=1S/C12H12O3/c1-2-3-9-4-6-10(7-5-9)11(13)8-12(14)15/h2-7H,8H2,1H3,(H,14,15)/b3-2+. The van der Waals surface area contributed by atoms with Gasteiger partial charge in [0, 0.05) is 5.56 Å². The van der Waals surface area contributed by atoms with Crippen LogP contribution in [-0.2, 0) is 4.79 Å². The molecule has 0 atom stereocenters. The lowest BCUT2D eigenvalue weighted by Gasteiger charge is -1.98. The summed E-state index contributed by atoms with van der Waals surface area (Å²) in [5, 5.41) is 8.45. The van der Waals surface area contributed by atoms with Crippen LogP contribution in [-0.4, -0.2) is 16.9 Å². The van der Waals surface area contributed by atoms with Crippen molar-refractivity contribution in [3.05, 3.63) is 41.5 Å². The lowest BCUT2D eigenvalue weighted by atomic mass is 10.1. The molecule has 0 aromatic heterocycles. The van der Waals surface area contributed by atoms with Crippen molar-refractivity contribution < 1.29 is 14.7 Å². The van der Waals surface area contributed by atoms with E-state index in [1.807, 2.05) is 19.1 Å². The second kappa shape index (κ2) is 5.10. The topological polar surface area (TPSA) is 54.4 Å². The molecule has 0 aliphatic heterocycles. The van der Waals surface area contributed by atoms with Crippen LogP contribution in [0.3, 0.4) is 0 Å². The first-order valence-corrected chi connectivity index (χ1v) is 4.61. The number of hydrogen-bond acceptors (Lipinski definition) is 2. The summed E-state index contributed by atoms with van der Waals surface area (Å²) < 4.78 is 0. The van der Waals surface area contributed by atoms with Crippen molar-refractivity contribution in [2.45, 2.75) is 13.3 Å². The summed E-state index contributed by atoms with van der Waals surface area (Å²) in [7, 11) is 0. The van der Waals surface area contributed by atoms with Gasteiger partial charge >= 0.3 is 5.97 Å². The number of benzene rings is 1. The number of Topliss-reactive ketones (excluding diaryl/α,β-unsaturated/α-hetero) is 1. The van der Waals surface area contributed by atoms with Crippen molar-refractivity contribution in [2.24, 2.45) is 0 Å². The number of allylic oxidation sites excluding steroid dienone is 1. The minimum absolute atomic E-state index is 0.366. The molecule has 0 spiro atoms. The number of carbonyl (C=O) groups is 2. The fourth-order valence-corrected chi connectivity index (χ4v) is 1.21. The number of hydrogen-bond donors (Lipinski definition) is 1. The molecule has 1 aromatic rings. The van der Waals surface area contributed by atoms with E-state index in [1.165, 1.54) is 0 Å². The average Bonchev–Trinajstić information content (AvgIpc) is 2.18. The lowest BCUT2D eigenvalue weighted by molar-refractivity contribution is -0.135. The number of carboxylic acids is 1. The number of carbonyl (C=O) groups excluding carboxylic acids is 1. The summed E-state index contributed by atoms with van der Waals surface area (Å²) in [5.41, 5.74) is 1.43. The van der Waals surface area contributed by atoms with E-state index < -0.39 is 12.4 Å². The number of aliphatic carboxylic acids is 1. The molecule has 0 bridgehead atoms. The number of carboxylic acid groups (broad SMARTS) is 1. The molecule has 0 amide bonds. The van der Waals surface area contributed by atoms with Gasteiger partial charge in [0.2, 0.25) is 0 Å². The zero-order valence-electron chi connectivity index (χ0n) is 8.43. The summed E-state index contributed by atoms with van der Waals surface area (Å²) in [6, 6.07) is 6.85. The Bertz CT molecular complexity index is 388. The van der Waals surface area contributed by atoms with E-state index in [0.717, 1.165) is 5.56 Å². The second-order valence-corrected chi connectivity index (χ2v) is 3.12. The Hall–Kier alpha value is -1.90. The molecule has 1 aromatic carbocycles. The lowest BCUT2D eigenvalue weighted by Crippen LogP contribution is -2.06. The van der Waals surface area contributed by atoms with Crippen molar-refractivity contribution in [1.82, 2.24) is 0 Å². The van der Waals surface area contributed by atoms with Gasteiger partial charge in [0.1, 0.15) is 6.42 Å². The Morgan fingerprint density at radius 1 is 1.27 bits per heavy atom. The molecule has 78 valence electrons. The summed E-state index contributed by atoms with van der Waals surface area (Å²) in [5.74, 6) is -1.47. The Labute approximate surface area is 88.0 Å². The van der Waals surface area contributed by atoms with Gasteiger partial charge < -0.3 is 5.11 Å². The quantitative estimate of drug-likeness (QED) is 0.605. The molecular formula is C12H12O3. The van der Waals surface area contributed by atoms with Crippen molar-refractivity contribution in [3.63, 3.8) is 0 Å². The molecular weight excluding hydrogens is 192 g/mol. The summed E-state index contributed by atoms with van der Waals surface area (Å²) in [6.07, 6.45) is 3.35. The third kappa shape index (κ3) is 3.38. The average molecular weight is 204 g/mol. The monoisotopic (exact) mass is 204 g/mol. The molecule has 0 fully saturated rings. The number of rotatable bonds is 4. The van der Waals surface area contributed by atoms with Crippen molar-refractivity contribution >= 4 is 17.8 Å². The molecule has 0 saturated carbocycles. The predicted octanol–water partition coefficient (Wildman–Crippen LogP) is 2.38. The van der Waals surface area contributed by atoms with Crippen molar-refractivity contribution in [1.29, 1.82) is 0 Å². The highest BCUT2D eigenvalue weighted by Crippen LogP contribution is 2.08. The van der Waals surface area contributed by atoms with Crippen molar-refractivity contribution in [3.8, 4) is 0 Å². The molecule has 0 aliphatic carbocycles. The largest absolute Gasteiger partial charge is 0.481 e. The van der Waals surface area contributed by atoms with Crippen LogP contribution in [0.1, 0.15) is 29.3 Å². The van der Waals surface area contributed by atoms with Crippen LogP contribution >= 0.6 is 0 Å². The van der Waals surface area contributed by atoms with Crippen LogP contribution in [0.15, 0.2) is 30.3 Å². The van der Waals surface area contributed by atoms with Gasteiger partial charge in [-0.25, -0.2) is 0 Å². The fraction of sp³-hybridized carbons (Fsp3) is 0.167. The maximum absolute atomic E-state index is 11.3. The van der Waals surface area contributed by atoms with Gasteiger partial charge in [0.25, 0.3) is 0 Å². The molecule has 0 heterocycles. The first-order chi connectivity index (χ1) is 7.13. The van der Waals surface area contributed by atoms with E-state index in [0.29, 0.717) is 5.56 Å². The van der Waals surface area contributed by atoms with Crippen LogP contribution in [0, 0.1) is 0 Å². The maximum Gasteiger partial charge on any atom is 0.311 e. The smallest absolute Gasteiger partial charge is 0.311 e. The molecule has 3 nitrogen and oxygen atoms in total. The third-order valence-electron chi connectivity index (χ3n) is 1.90. The summed E-state index contributed by atoms with van der Waals surface area (Å²) in [4.78, 5) is 21.6. The van der Waals surface area contributed by atoms with Crippen LogP contribution < -0.4 is 0 Å². The first-order valence-electron chi connectivity index (χ1n) is 4.61. The summed E-state index contributed by atoms with van der Waals surface area (Å²) in [6.45, 7) is 1.91. The summed E-state index contributed by atoms with van der Waals surface area (Å²) >= 11 is 0. The van der Waals surface area contributed by atoms with Gasteiger partial charge in [-0.3, -0.25) is 9.59 Å². The normalized spacial score (nSPS) is 10.5. The predicted molar refractivity (Wildman–Crippen MR) is 57.7 cm³/mol. The van der Waals surface area contributed by atoms with E-state index in [1.54, 1.807) is 24.3 Å². The zero-order valence-corrected chi connectivity index (χ0v) is 8.43. The van der Waals surface area contributed by atoms with E-state index in [2.05, 4.69) is 0 Å². The molecule has 0 aliphatic rings. The van der Waals surface area contributed by atoms with Gasteiger partial charge in [-0.1, -0.05) is 36.4 Å². The third-order valence-corrected chi connectivity index (χ3v) is 1.90. The van der Waals surface area contributed by atoms with Gasteiger partial charge in [0.05, 0.1) is 0 Å². The SMILES string of the molecule is C/C=C/c1ccc(C(=O)CC(=O)O)cc1. The fourth-order valence-electron chi connectivity index (χ4n) is 1.21. The number of ketones is 1. The maximum atomic E-state index is 11.3. The van der Waals surface area contributed by atoms with Gasteiger partial charge in [0.15, 0.2) is 5.78 Å². The molecule has 1 N–H and O–H groups in total. The van der Waals surface area contributed by atoms with E-state index >= 15 is 0 Å². The molecule has 1 rings (SSSR count). The van der Waals surface area contributed by atoms with Gasteiger partial charge in [-0.15, -0.1) is 0 Å². The Balaban J connectivity index is 2.79. The van der Waals surface area contributed by atoms with Crippen LogP contribution in [0.25, 0.3) is 6.08 Å². The van der Waals surface area contributed by atoms with E-state index in [-0.39, 0.29) is 5.78 Å². The van der Waals surface area contributed by atoms with Crippen LogP contribution in [0.4, 0.5) is 0 Å².